The van der Waals surface area contributed by atoms with Crippen LogP contribution in [0.25, 0.3) is 0 Å². The summed E-state index contributed by atoms with van der Waals surface area (Å²) in [6, 6.07) is -0.0257. The third-order valence-electron chi connectivity index (χ3n) is 1.96. The Labute approximate surface area is 74.7 Å². The summed E-state index contributed by atoms with van der Waals surface area (Å²) < 4.78 is 8.16. The van der Waals surface area contributed by atoms with Gasteiger partial charge in [-0.3, -0.25) is 4.79 Å². The van der Waals surface area contributed by atoms with Crippen LogP contribution in [-0.2, 0) is 0 Å². The summed E-state index contributed by atoms with van der Waals surface area (Å²) in [6.45, 7) is 0. The molecular formula is C7H7N3O3. The highest BCUT2D eigenvalue weighted by molar-refractivity contribution is 5.72. The molecule has 0 aromatic carbocycles. The van der Waals surface area contributed by atoms with Crippen LogP contribution in [0.3, 0.4) is 0 Å². The maximum absolute atomic E-state index is 10.8. The minimum absolute atomic E-state index is 0.000741. The molecule has 0 N–H and O–H groups in total. The lowest BCUT2D eigenvalue weighted by molar-refractivity contribution is -0.396. The normalized spacial score (nSPS) is 16.8. The molecule has 1 fully saturated rings. The number of imidazole rings is 1. The molecule has 0 aliphatic heterocycles. The Bertz CT molecular complexity index is 379. The second kappa shape index (κ2) is 2.65. The maximum Gasteiger partial charge on any atom is 0.435 e. The molecule has 1 aliphatic rings. The summed E-state index contributed by atoms with van der Waals surface area (Å²) in [4.78, 5) is 24.2. The van der Waals surface area contributed by atoms with Gasteiger partial charge in [0.05, 0.1) is 6.04 Å². The number of carbonyl (C=O) groups is 1. The van der Waals surface area contributed by atoms with Crippen molar-refractivity contribution in [2.24, 2.45) is 0 Å². The Morgan fingerprint density at radius 1 is 1.85 bits per heavy atom. The van der Waals surface area contributed by atoms with Gasteiger partial charge in [-0.1, -0.05) is 4.98 Å². The molecular weight excluding hydrogens is 174 g/mol. The van der Waals surface area contributed by atoms with Crippen molar-refractivity contribution in [2.75, 3.05) is 0 Å². The summed E-state index contributed by atoms with van der Waals surface area (Å²) >= 11 is 0. The van der Waals surface area contributed by atoms with E-state index >= 15 is 0 Å². The molecule has 0 bridgehead atoms. The molecule has 1 saturated carbocycles. The first-order valence-corrected chi connectivity index (χ1v) is 3.84. The number of hydrogen-bond acceptors (Lipinski definition) is 4. The second-order valence-electron chi connectivity index (χ2n) is 2.90. The van der Waals surface area contributed by atoms with Crippen molar-refractivity contribution in [3.8, 4) is 0 Å². The van der Waals surface area contributed by atoms with Crippen LogP contribution in [0.5, 0.6) is 0 Å². The van der Waals surface area contributed by atoms with Gasteiger partial charge in [-0.2, -0.15) is 0 Å². The van der Waals surface area contributed by atoms with E-state index in [2.05, 4.69) is 4.98 Å². The van der Waals surface area contributed by atoms with E-state index in [1.807, 2.05) is 0 Å². The molecule has 6 nitrogen and oxygen atoms in total. The number of aldehydes is 1. The average Bonchev–Trinajstić information content (AvgIpc) is 2.83. The third kappa shape index (κ3) is 1.20. The molecule has 68 valence electrons. The first-order valence-electron chi connectivity index (χ1n) is 4.34. The van der Waals surface area contributed by atoms with Gasteiger partial charge < -0.3 is 10.1 Å². The van der Waals surface area contributed by atoms with Crippen molar-refractivity contribution in [2.45, 2.75) is 18.9 Å². The van der Waals surface area contributed by atoms with Crippen molar-refractivity contribution < 1.29 is 11.1 Å². The van der Waals surface area contributed by atoms with E-state index in [0.29, 0.717) is 0 Å². The summed E-state index contributed by atoms with van der Waals surface area (Å²) in [7, 11) is 0. The van der Waals surface area contributed by atoms with E-state index in [1.54, 1.807) is 0 Å². The fraction of sp³-hybridized carbons (Fsp3) is 0.429. The Hall–Kier alpha value is -1.72. The highest BCUT2D eigenvalue weighted by atomic mass is 16.6. The van der Waals surface area contributed by atoms with Crippen LogP contribution >= 0.6 is 0 Å². The Morgan fingerprint density at radius 2 is 2.54 bits per heavy atom. The summed E-state index contributed by atoms with van der Waals surface area (Å²) in [6.07, 6.45) is 1.76. The SMILES string of the molecule is [2H]C(=O)c1cnc([N+](=O)[O-])n1C1CC1. The summed E-state index contributed by atoms with van der Waals surface area (Å²) in [5.41, 5.74) is -0.000741. The Kier molecular flexibility index (Phi) is 1.38. The second-order valence-corrected chi connectivity index (χ2v) is 2.90. The van der Waals surface area contributed by atoms with E-state index < -0.39 is 11.2 Å². The molecule has 2 rings (SSSR count). The molecule has 0 amide bonds. The van der Waals surface area contributed by atoms with Gasteiger partial charge in [0.25, 0.3) is 0 Å². The first kappa shape index (κ1) is 6.76. The van der Waals surface area contributed by atoms with Crippen LogP contribution in [0, 0.1) is 10.1 Å². The minimum atomic E-state index is -0.933. The van der Waals surface area contributed by atoms with Gasteiger partial charge in [0.1, 0.15) is 7.57 Å². The molecule has 1 heterocycles. The minimum Gasteiger partial charge on any atom is -0.390 e. The molecule has 0 radical (unpaired) electrons. The monoisotopic (exact) mass is 182 g/mol. The molecule has 0 saturated heterocycles. The van der Waals surface area contributed by atoms with Gasteiger partial charge >= 0.3 is 5.95 Å². The highest BCUT2D eigenvalue weighted by Crippen LogP contribution is 2.38. The molecule has 6 heteroatoms. The summed E-state index contributed by atoms with van der Waals surface area (Å²) in [5, 5.41) is 10.5. The zero-order valence-corrected chi connectivity index (χ0v) is 6.64. The average molecular weight is 182 g/mol. The number of hydrogen-bond donors (Lipinski definition) is 0. The smallest absolute Gasteiger partial charge is 0.390 e. The van der Waals surface area contributed by atoms with Crippen LogP contribution in [0.2, 0.25) is 0 Å². The lowest BCUT2D eigenvalue weighted by Crippen LogP contribution is -2.04. The van der Waals surface area contributed by atoms with Gasteiger partial charge in [0.15, 0.2) is 12.0 Å². The zero-order valence-electron chi connectivity index (χ0n) is 7.64. The van der Waals surface area contributed by atoms with Gasteiger partial charge in [0.2, 0.25) is 0 Å². The van der Waals surface area contributed by atoms with Gasteiger partial charge in [-0.25, -0.2) is 4.57 Å². The van der Waals surface area contributed by atoms with Crippen LogP contribution in [0.4, 0.5) is 5.95 Å². The van der Waals surface area contributed by atoms with E-state index in [4.69, 9.17) is 1.37 Å². The molecule has 0 atom stereocenters. The van der Waals surface area contributed by atoms with Crippen molar-refractivity contribution >= 4 is 12.2 Å². The Balaban J connectivity index is 2.52. The third-order valence-corrected chi connectivity index (χ3v) is 1.96. The lowest BCUT2D eigenvalue weighted by atomic mass is 10.5. The molecule has 1 aliphatic carbocycles. The Morgan fingerprint density at radius 3 is 3.00 bits per heavy atom. The largest absolute Gasteiger partial charge is 0.435 e. The van der Waals surface area contributed by atoms with Crippen LogP contribution in [-0.4, -0.2) is 20.7 Å². The molecule has 0 unspecified atom stereocenters. The highest BCUT2D eigenvalue weighted by Gasteiger charge is 2.35. The van der Waals surface area contributed by atoms with E-state index in [9.17, 15) is 14.9 Å². The number of nitrogens with zero attached hydrogens (tertiary/aromatic N) is 3. The predicted octanol–water partition coefficient (Wildman–Crippen LogP) is 0.939. The van der Waals surface area contributed by atoms with E-state index in [-0.39, 0.29) is 17.7 Å². The van der Waals surface area contributed by atoms with Crippen molar-refractivity contribution in [3.63, 3.8) is 0 Å². The van der Waals surface area contributed by atoms with Gasteiger partial charge in [-0.05, 0) is 17.8 Å². The van der Waals surface area contributed by atoms with Crippen molar-refractivity contribution in [1.29, 1.82) is 0 Å². The first-order chi connectivity index (χ1) is 6.61. The molecule has 0 spiro atoms. The maximum atomic E-state index is 10.8. The van der Waals surface area contributed by atoms with Gasteiger partial charge in [-0.15, -0.1) is 0 Å². The van der Waals surface area contributed by atoms with Crippen LogP contribution < -0.4 is 0 Å². The summed E-state index contributed by atoms with van der Waals surface area (Å²) in [5.74, 6) is -0.344. The number of carbonyl (C=O) groups excluding carboxylic acids is 1. The van der Waals surface area contributed by atoms with E-state index in [0.717, 1.165) is 19.0 Å². The molecule has 1 aromatic heterocycles. The number of aromatic nitrogens is 2. The molecule has 13 heavy (non-hydrogen) atoms. The van der Waals surface area contributed by atoms with E-state index in [1.165, 1.54) is 4.57 Å². The molecule has 1 aromatic rings. The topological polar surface area (TPSA) is 78.0 Å². The fourth-order valence-corrected chi connectivity index (χ4v) is 1.25. The van der Waals surface area contributed by atoms with Crippen LogP contribution in [0.1, 0.15) is 30.7 Å². The number of rotatable bonds is 3. The van der Waals surface area contributed by atoms with Crippen LogP contribution in [0.15, 0.2) is 6.20 Å². The van der Waals surface area contributed by atoms with Crippen molar-refractivity contribution in [1.82, 2.24) is 9.55 Å². The standard InChI is InChI=1S/C7H7N3O3/c11-4-6-3-8-7(10(12)13)9(6)5-1-2-5/h3-5H,1-2H2/i4D. The quantitative estimate of drug-likeness (QED) is 0.396. The lowest BCUT2D eigenvalue weighted by Gasteiger charge is -1.98. The van der Waals surface area contributed by atoms with Gasteiger partial charge in [0, 0.05) is 0 Å². The van der Waals surface area contributed by atoms with Crippen molar-refractivity contribution in [3.05, 3.63) is 22.0 Å². The predicted molar refractivity (Wildman–Crippen MR) is 42.5 cm³/mol. The zero-order chi connectivity index (χ0) is 10.3. The fourth-order valence-electron chi connectivity index (χ4n) is 1.25. The number of nitro groups is 1.